The third kappa shape index (κ3) is 2.92. The average molecular weight is 201 g/mol. The Hall–Kier alpha value is -0.390. The molecule has 0 saturated heterocycles. The largest absolute Gasteiger partial charge is 0.327 e. The van der Waals surface area contributed by atoms with Crippen molar-refractivity contribution >= 4 is 23.1 Å². The van der Waals surface area contributed by atoms with Gasteiger partial charge in [0.1, 0.15) is 5.01 Å². The lowest BCUT2D eigenvalue weighted by molar-refractivity contribution is 0.984. The molecule has 1 aromatic heterocycles. The van der Waals surface area contributed by atoms with Gasteiger partial charge in [0.25, 0.3) is 0 Å². The Morgan fingerprint density at radius 2 is 2.42 bits per heavy atom. The number of rotatable bonds is 4. The van der Waals surface area contributed by atoms with E-state index in [0.717, 1.165) is 20.7 Å². The Bertz CT molecular complexity index is 269. The number of aryl methyl sites for hydroxylation is 1. The number of hydrogen-bond donors (Lipinski definition) is 1. The maximum atomic E-state index is 5.40. The summed E-state index contributed by atoms with van der Waals surface area (Å²) in [6.07, 6.45) is 0. The van der Waals surface area contributed by atoms with Crippen LogP contribution in [0.5, 0.6) is 0 Å². The molecule has 0 fully saturated rings. The van der Waals surface area contributed by atoms with Gasteiger partial charge in [0.2, 0.25) is 0 Å². The molecule has 12 heavy (non-hydrogen) atoms. The summed E-state index contributed by atoms with van der Waals surface area (Å²) in [5, 5.41) is 8.87. The van der Waals surface area contributed by atoms with E-state index < -0.39 is 0 Å². The van der Waals surface area contributed by atoms with Gasteiger partial charge in [0.05, 0.1) is 0 Å². The fourth-order valence-corrected chi connectivity index (χ4v) is 2.29. The van der Waals surface area contributed by atoms with Crippen molar-refractivity contribution in [3.63, 3.8) is 0 Å². The van der Waals surface area contributed by atoms with E-state index in [-0.39, 0.29) is 0 Å². The van der Waals surface area contributed by atoms with E-state index in [1.165, 1.54) is 0 Å². The van der Waals surface area contributed by atoms with Gasteiger partial charge in [-0.05, 0) is 6.92 Å². The Balaban J connectivity index is 2.38. The second-order valence-corrected chi connectivity index (χ2v) is 4.73. The molecule has 0 amide bonds. The molecule has 0 bridgehead atoms. The number of thioether (sulfide) groups is 1. The second kappa shape index (κ2) is 4.59. The summed E-state index contributed by atoms with van der Waals surface area (Å²) in [5.41, 5.74) is 6.43. The molecule has 0 unspecified atom stereocenters. The maximum Gasteiger partial charge on any atom is 0.174 e. The Labute approximate surface area is 80.1 Å². The fourth-order valence-electron chi connectivity index (χ4n) is 0.559. The summed E-state index contributed by atoms with van der Waals surface area (Å²) < 4.78 is 0.988. The lowest BCUT2D eigenvalue weighted by atomic mass is 10.4. The van der Waals surface area contributed by atoms with Gasteiger partial charge >= 0.3 is 0 Å². The highest BCUT2D eigenvalue weighted by Crippen LogP contribution is 2.22. The molecule has 0 aromatic carbocycles. The van der Waals surface area contributed by atoms with Gasteiger partial charge in [0, 0.05) is 12.3 Å². The van der Waals surface area contributed by atoms with E-state index in [1.54, 1.807) is 23.1 Å². The summed E-state index contributed by atoms with van der Waals surface area (Å²) in [5.74, 6) is 0.838. The molecule has 0 atom stereocenters. The van der Waals surface area contributed by atoms with Gasteiger partial charge in [-0.2, -0.15) is 0 Å². The first-order valence-corrected chi connectivity index (χ1v) is 5.32. The summed E-state index contributed by atoms with van der Waals surface area (Å²) >= 11 is 3.24. The normalized spacial score (nSPS) is 10.2. The third-order valence-electron chi connectivity index (χ3n) is 1.20. The van der Waals surface area contributed by atoms with Crippen LogP contribution in [0.4, 0.5) is 0 Å². The summed E-state index contributed by atoms with van der Waals surface area (Å²) in [4.78, 5) is 0. The van der Waals surface area contributed by atoms with E-state index >= 15 is 0 Å². The standard InChI is InChI=1S/C7H11N3S2/c1-5(3-8)4-11-7-10-9-6(2)12-7/h1,3-4,8H2,2H3. The van der Waals surface area contributed by atoms with Gasteiger partial charge in [0.15, 0.2) is 4.34 Å². The van der Waals surface area contributed by atoms with Gasteiger partial charge in [-0.3, -0.25) is 0 Å². The molecule has 1 heterocycles. The van der Waals surface area contributed by atoms with Crippen LogP contribution in [0.3, 0.4) is 0 Å². The summed E-state index contributed by atoms with van der Waals surface area (Å²) in [7, 11) is 0. The van der Waals surface area contributed by atoms with Crippen molar-refractivity contribution < 1.29 is 0 Å². The van der Waals surface area contributed by atoms with E-state index in [9.17, 15) is 0 Å². The lowest BCUT2D eigenvalue weighted by Crippen LogP contribution is -2.03. The van der Waals surface area contributed by atoms with Crippen LogP contribution in [-0.4, -0.2) is 22.5 Å². The van der Waals surface area contributed by atoms with Crippen molar-refractivity contribution in [2.45, 2.75) is 11.3 Å². The molecular weight excluding hydrogens is 190 g/mol. The topological polar surface area (TPSA) is 51.8 Å². The minimum absolute atomic E-state index is 0.546. The molecule has 5 heteroatoms. The average Bonchev–Trinajstić information content (AvgIpc) is 2.47. The summed E-state index contributed by atoms with van der Waals surface area (Å²) in [6.45, 7) is 6.30. The van der Waals surface area contributed by atoms with E-state index in [1.807, 2.05) is 6.92 Å². The fraction of sp³-hybridized carbons (Fsp3) is 0.429. The molecule has 0 radical (unpaired) electrons. The predicted octanol–water partition coefficient (Wildman–Crippen LogP) is 1.45. The van der Waals surface area contributed by atoms with Gasteiger partial charge in [-0.15, -0.1) is 10.2 Å². The Morgan fingerprint density at radius 1 is 1.67 bits per heavy atom. The van der Waals surface area contributed by atoms with Crippen LogP contribution in [0.25, 0.3) is 0 Å². The highest BCUT2D eigenvalue weighted by molar-refractivity contribution is 8.01. The molecule has 1 aromatic rings. The second-order valence-electron chi connectivity index (χ2n) is 2.33. The molecule has 0 aliphatic carbocycles. The third-order valence-corrected chi connectivity index (χ3v) is 3.31. The lowest BCUT2D eigenvalue weighted by Gasteiger charge is -1.97. The maximum absolute atomic E-state index is 5.40. The van der Waals surface area contributed by atoms with Crippen molar-refractivity contribution in [1.82, 2.24) is 10.2 Å². The van der Waals surface area contributed by atoms with E-state index in [0.29, 0.717) is 6.54 Å². The summed E-state index contributed by atoms with van der Waals surface area (Å²) in [6, 6.07) is 0. The first-order chi connectivity index (χ1) is 5.72. The van der Waals surface area contributed by atoms with Crippen molar-refractivity contribution in [3.8, 4) is 0 Å². The van der Waals surface area contributed by atoms with Crippen molar-refractivity contribution in [3.05, 3.63) is 17.2 Å². The number of hydrogen-bond acceptors (Lipinski definition) is 5. The Morgan fingerprint density at radius 3 is 2.92 bits per heavy atom. The SMILES string of the molecule is C=C(CN)CSc1nnc(C)s1. The quantitative estimate of drug-likeness (QED) is 0.592. The van der Waals surface area contributed by atoms with Crippen LogP contribution in [0.1, 0.15) is 5.01 Å². The molecule has 0 aliphatic rings. The predicted molar refractivity (Wildman–Crippen MR) is 53.6 cm³/mol. The molecular formula is C7H11N3S2. The van der Waals surface area contributed by atoms with E-state index in [4.69, 9.17) is 5.73 Å². The molecule has 0 spiro atoms. The minimum Gasteiger partial charge on any atom is -0.327 e. The van der Waals surface area contributed by atoms with Crippen LogP contribution in [-0.2, 0) is 0 Å². The molecule has 66 valence electrons. The van der Waals surface area contributed by atoms with Crippen LogP contribution in [0.2, 0.25) is 0 Å². The highest BCUT2D eigenvalue weighted by Gasteiger charge is 2.00. The first-order valence-electron chi connectivity index (χ1n) is 3.52. The van der Waals surface area contributed by atoms with Crippen LogP contribution >= 0.6 is 23.1 Å². The van der Waals surface area contributed by atoms with Crippen molar-refractivity contribution in [2.24, 2.45) is 5.73 Å². The van der Waals surface area contributed by atoms with Crippen molar-refractivity contribution in [2.75, 3.05) is 12.3 Å². The van der Waals surface area contributed by atoms with Gasteiger partial charge < -0.3 is 5.73 Å². The number of nitrogens with two attached hydrogens (primary N) is 1. The monoisotopic (exact) mass is 201 g/mol. The molecule has 1 rings (SSSR count). The zero-order valence-corrected chi connectivity index (χ0v) is 8.54. The molecule has 0 saturated carbocycles. The minimum atomic E-state index is 0.546. The van der Waals surface area contributed by atoms with Crippen LogP contribution in [0, 0.1) is 6.92 Å². The molecule has 3 nitrogen and oxygen atoms in total. The highest BCUT2D eigenvalue weighted by atomic mass is 32.2. The molecule has 2 N–H and O–H groups in total. The van der Waals surface area contributed by atoms with Gasteiger partial charge in [-0.1, -0.05) is 35.3 Å². The van der Waals surface area contributed by atoms with Crippen LogP contribution < -0.4 is 5.73 Å². The first kappa shape index (κ1) is 9.70. The zero-order valence-electron chi connectivity index (χ0n) is 6.91. The van der Waals surface area contributed by atoms with Crippen molar-refractivity contribution in [1.29, 1.82) is 0 Å². The van der Waals surface area contributed by atoms with Crippen LogP contribution in [0.15, 0.2) is 16.5 Å². The van der Waals surface area contributed by atoms with Gasteiger partial charge in [-0.25, -0.2) is 0 Å². The number of aromatic nitrogens is 2. The zero-order chi connectivity index (χ0) is 8.97. The van der Waals surface area contributed by atoms with E-state index in [2.05, 4.69) is 16.8 Å². The smallest absolute Gasteiger partial charge is 0.174 e. The Kier molecular flexibility index (Phi) is 3.71. The molecule has 0 aliphatic heterocycles. The number of nitrogens with zero attached hydrogens (tertiary/aromatic N) is 2.